The van der Waals surface area contributed by atoms with Gasteiger partial charge in [0.25, 0.3) is 0 Å². The normalized spacial score (nSPS) is 22.7. The molecule has 4 rings (SSSR count). The highest BCUT2D eigenvalue weighted by Gasteiger charge is 2.32. The summed E-state index contributed by atoms with van der Waals surface area (Å²) < 4.78 is 0. The molecule has 0 bridgehead atoms. The number of amides is 3. The monoisotopic (exact) mass is 402 g/mol. The lowest BCUT2D eigenvalue weighted by Gasteiger charge is -2.35. The molecule has 0 aliphatic carbocycles. The van der Waals surface area contributed by atoms with E-state index in [1.807, 2.05) is 34.1 Å². The van der Waals surface area contributed by atoms with Crippen molar-refractivity contribution in [2.75, 3.05) is 51.1 Å². The number of anilines is 1. The number of fused-ring (bicyclic) bond motifs is 1. The van der Waals surface area contributed by atoms with E-state index in [2.05, 4.69) is 10.2 Å². The second kappa shape index (κ2) is 8.53. The Morgan fingerprint density at radius 2 is 1.64 bits per heavy atom. The summed E-state index contributed by atoms with van der Waals surface area (Å²) in [6.45, 7) is 4.84. The lowest BCUT2D eigenvalue weighted by Crippen LogP contribution is -2.52. The molecule has 1 N–H and O–H groups in total. The molecule has 1 atom stereocenters. The summed E-state index contributed by atoms with van der Waals surface area (Å²) in [6, 6.07) is 7.66. The highest BCUT2D eigenvalue weighted by Crippen LogP contribution is 2.36. The molecule has 3 heterocycles. The van der Waals surface area contributed by atoms with Crippen molar-refractivity contribution in [2.45, 2.75) is 29.4 Å². The third-order valence-corrected chi connectivity index (χ3v) is 6.88. The maximum atomic E-state index is 12.7. The van der Waals surface area contributed by atoms with Gasteiger partial charge in [-0.15, -0.1) is 11.8 Å². The van der Waals surface area contributed by atoms with Crippen molar-refractivity contribution in [1.82, 2.24) is 14.7 Å². The largest absolute Gasteiger partial charge is 0.342 e. The van der Waals surface area contributed by atoms with E-state index in [1.54, 1.807) is 0 Å². The third kappa shape index (κ3) is 4.33. The Balaban J connectivity index is 1.25. The molecule has 28 heavy (non-hydrogen) atoms. The van der Waals surface area contributed by atoms with E-state index in [0.717, 1.165) is 36.5 Å². The molecular formula is C20H26N4O3S. The summed E-state index contributed by atoms with van der Waals surface area (Å²) in [7, 11) is 0. The van der Waals surface area contributed by atoms with E-state index in [4.69, 9.17) is 0 Å². The van der Waals surface area contributed by atoms with Gasteiger partial charge in [0.15, 0.2) is 0 Å². The molecule has 150 valence electrons. The number of nitrogens with zero attached hydrogens (tertiary/aromatic N) is 3. The minimum Gasteiger partial charge on any atom is -0.342 e. The number of para-hydroxylation sites is 1. The van der Waals surface area contributed by atoms with Gasteiger partial charge in [-0.05, 0) is 25.0 Å². The van der Waals surface area contributed by atoms with E-state index in [-0.39, 0.29) is 24.1 Å². The second-order valence-electron chi connectivity index (χ2n) is 7.54. The molecule has 1 aromatic rings. The topological polar surface area (TPSA) is 73.0 Å². The average molecular weight is 403 g/mol. The van der Waals surface area contributed by atoms with Crippen molar-refractivity contribution in [1.29, 1.82) is 0 Å². The second-order valence-corrected chi connectivity index (χ2v) is 8.79. The molecule has 3 amide bonds. The molecule has 2 saturated heterocycles. The van der Waals surface area contributed by atoms with Gasteiger partial charge in [0.2, 0.25) is 17.7 Å². The maximum Gasteiger partial charge on any atom is 0.238 e. The van der Waals surface area contributed by atoms with Crippen LogP contribution >= 0.6 is 11.8 Å². The first kappa shape index (κ1) is 19.3. The number of piperazine rings is 1. The molecule has 0 radical (unpaired) electrons. The van der Waals surface area contributed by atoms with Crippen molar-refractivity contribution in [3.63, 3.8) is 0 Å². The Kier molecular flexibility index (Phi) is 5.87. The highest BCUT2D eigenvalue weighted by molar-refractivity contribution is 8.01. The molecule has 0 spiro atoms. The van der Waals surface area contributed by atoms with E-state index in [0.29, 0.717) is 32.7 Å². The summed E-state index contributed by atoms with van der Waals surface area (Å²) in [6.07, 6.45) is 2.41. The van der Waals surface area contributed by atoms with Crippen LogP contribution in [0.1, 0.15) is 19.3 Å². The fourth-order valence-corrected chi connectivity index (χ4v) is 5.03. The zero-order valence-corrected chi connectivity index (χ0v) is 16.7. The van der Waals surface area contributed by atoms with E-state index in [1.165, 1.54) is 11.8 Å². The van der Waals surface area contributed by atoms with Crippen molar-refractivity contribution in [2.24, 2.45) is 0 Å². The van der Waals surface area contributed by atoms with Crippen molar-refractivity contribution in [3.05, 3.63) is 24.3 Å². The predicted octanol–water partition coefficient (Wildman–Crippen LogP) is 1.26. The van der Waals surface area contributed by atoms with Crippen LogP contribution in [0.2, 0.25) is 0 Å². The first-order chi connectivity index (χ1) is 13.6. The number of nitrogens with one attached hydrogen (secondary N) is 1. The van der Waals surface area contributed by atoms with Crippen LogP contribution in [-0.4, -0.2) is 83.5 Å². The number of carbonyl (C=O) groups excluding carboxylic acids is 3. The van der Waals surface area contributed by atoms with Gasteiger partial charge >= 0.3 is 0 Å². The standard InChI is InChI=1S/C20H26N4O3S/c25-18(13-17-20(27)21-15-5-1-2-6-16(15)28-17)24-11-9-22(10-12-24)14-19(26)23-7-3-4-8-23/h1-2,5-6,17H,3-4,7-14H2,(H,21,27). The summed E-state index contributed by atoms with van der Waals surface area (Å²) in [5.74, 6) is 0.107. The number of likely N-dealkylation sites (tertiary alicyclic amines) is 1. The SMILES string of the molecule is O=C1Nc2ccccc2SC1CC(=O)N1CCN(CC(=O)N2CCCC2)CC1. The molecule has 3 aliphatic rings. The minimum atomic E-state index is -0.392. The van der Waals surface area contributed by atoms with Crippen molar-refractivity contribution < 1.29 is 14.4 Å². The number of hydrogen-bond acceptors (Lipinski definition) is 5. The zero-order chi connectivity index (χ0) is 19.5. The van der Waals surface area contributed by atoms with Crippen molar-refractivity contribution in [3.8, 4) is 0 Å². The zero-order valence-electron chi connectivity index (χ0n) is 15.9. The van der Waals surface area contributed by atoms with Gasteiger partial charge in [-0.1, -0.05) is 12.1 Å². The number of benzene rings is 1. The molecule has 1 unspecified atom stereocenters. The summed E-state index contributed by atoms with van der Waals surface area (Å²) in [5.41, 5.74) is 0.817. The lowest BCUT2D eigenvalue weighted by atomic mass is 10.2. The van der Waals surface area contributed by atoms with Crippen LogP contribution in [0.5, 0.6) is 0 Å². The van der Waals surface area contributed by atoms with Gasteiger partial charge in [-0.3, -0.25) is 19.3 Å². The van der Waals surface area contributed by atoms with Crippen LogP contribution in [0.3, 0.4) is 0 Å². The first-order valence-corrected chi connectivity index (χ1v) is 10.8. The van der Waals surface area contributed by atoms with Crippen LogP contribution in [0.4, 0.5) is 5.69 Å². The summed E-state index contributed by atoms with van der Waals surface area (Å²) >= 11 is 1.46. The van der Waals surface area contributed by atoms with Gasteiger partial charge in [-0.2, -0.15) is 0 Å². The third-order valence-electron chi connectivity index (χ3n) is 5.61. The fourth-order valence-electron chi connectivity index (χ4n) is 3.93. The van der Waals surface area contributed by atoms with Gasteiger partial charge in [-0.25, -0.2) is 0 Å². The van der Waals surface area contributed by atoms with E-state index in [9.17, 15) is 14.4 Å². The van der Waals surface area contributed by atoms with Crippen LogP contribution in [-0.2, 0) is 14.4 Å². The Morgan fingerprint density at radius 1 is 0.964 bits per heavy atom. The first-order valence-electron chi connectivity index (χ1n) is 9.94. The molecule has 1 aromatic carbocycles. The van der Waals surface area contributed by atoms with Crippen LogP contribution in [0, 0.1) is 0 Å². The summed E-state index contributed by atoms with van der Waals surface area (Å²) in [4.78, 5) is 44.2. The Morgan fingerprint density at radius 3 is 2.39 bits per heavy atom. The Hall–Kier alpha value is -2.06. The highest BCUT2D eigenvalue weighted by atomic mass is 32.2. The average Bonchev–Trinajstić information content (AvgIpc) is 3.24. The Bertz CT molecular complexity index is 758. The Labute approximate surface area is 169 Å². The van der Waals surface area contributed by atoms with E-state index < -0.39 is 5.25 Å². The molecule has 3 aliphatic heterocycles. The van der Waals surface area contributed by atoms with Crippen molar-refractivity contribution >= 4 is 35.2 Å². The number of carbonyl (C=O) groups is 3. The number of rotatable bonds is 4. The molecule has 8 heteroatoms. The van der Waals surface area contributed by atoms with Gasteiger partial charge in [0.1, 0.15) is 0 Å². The quantitative estimate of drug-likeness (QED) is 0.821. The fraction of sp³-hybridized carbons (Fsp3) is 0.550. The van der Waals surface area contributed by atoms with Crippen LogP contribution in [0.25, 0.3) is 0 Å². The molecule has 0 saturated carbocycles. The summed E-state index contributed by atoms with van der Waals surface area (Å²) in [5, 5.41) is 2.50. The number of thioether (sulfide) groups is 1. The van der Waals surface area contributed by atoms with Gasteiger partial charge in [0.05, 0.1) is 17.5 Å². The van der Waals surface area contributed by atoms with Gasteiger partial charge in [0, 0.05) is 50.6 Å². The predicted molar refractivity (Wildman–Crippen MR) is 108 cm³/mol. The molecule has 2 fully saturated rings. The molecule has 7 nitrogen and oxygen atoms in total. The lowest BCUT2D eigenvalue weighted by molar-refractivity contribution is -0.135. The maximum absolute atomic E-state index is 12.7. The van der Waals surface area contributed by atoms with Gasteiger partial charge < -0.3 is 15.1 Å². The molecule has 0 aromatic heterocycles. The van der Waals surface area contributed by atoms with Crippen LogP contribution < -0.4 is 5.32 Å². The smallest absolute Gasteiger partial charge is 0.238 e. The minimum absolute atomic E-state index is 0.0116. The van der Waals surface area contributed by atoms with Crippen LogP contribution in [0.15, 0.2) is 29.2 Å². The van der Waals surface area contributed by atoms with E-state index >= 15 is 0 Å². The molecular weight excluding hydrogens is 376 g/mol. The number of hydrogen-bond donors (Lipinski definition) is 1.